The van der Waals surface area contributed by atoms with Crippen molar-refractivity contribution in [2.75, 3.05) is 33.2 Å². The van der Waals surface area contributed by atoms with E-state index >= 15 is 0 Å². The average molecular weight is 388 g/mol. The molecule has 0 aromatic heterocycles. The Hall–Kier alpha value is 0.150. The second-order valence-electron chi connectivity index (χ2n) is 4.40. The fraction of sp³-hybridized carbons (Fsp3) is 0.455. The number of halogens is 3. The first kappa shape index (κ1) is 15.5. The molecule has 0 saturated carbocycles. The molecule has 0 bridgehead atoms. The number of nitrogens with zero attached hydrogens (tertiary/aromatic N) is 2. The van der Waals surface area contributed by atoms with Crippen LogP contribution in [0.1, 0.15) is 0 Å². The van der Waals surface area contributed by atoms with Crippen molar-refractivity contribution in [2.24, 2.45) is 0 Å². The zero-order chi connectivity index (χ0) is 14.2. The quantitative estimate of drug-likeness (QED) is 0.732. The lowest BCUT2D eigenvalue weighted by Crippen LogP contribution is -2.47. The van der Waals surface area contributed by atoms with Gasteiger partial charge in [0.15, 0.2) is 0 Å². The van der Waals surface area contributed by atoms with Gasteiger partial charge in [0.05, 0.1) is 10.0 Å². The van der Waals surface area contributed by atoms with Crippen LogP contribution in [0.2, 0.25) is 10.0 Å². The standard InChI is InChI=1S/C11H13BrCl2N2O2S/c1-15-2-4-16(5-3-15)19(17,18)11-7-9(13)8(12)6-10(11)14/h6-7H,2-5H2,1H3. The molecule has 19 heavy (non-hydrogen) atoms. The van der Waals surface area contributed by atoms with E-state index in [1.54, 1.807) is 0 Å². The Bertz CT molecular complexity index is 587. The van der Waals surface area contributed by atoms with E-state index in [1.165, 1.54) is 16.4 Å². The molecular formula is C11H13BrCl2N2O2S. The maximum absolute atomic E-state index is 12.5. The molecule has 1 fully saturated rings. The Morgan fingerprint density at radius 3 is 2.26 bits per heavy atom. The Kier molecular flexibility index (Phi) is 4.80. The maximum Gasteiger partial charge on any atom is 0.244 e. The van der Waals surface area contributed by atoms with Crippen LogP contribution in [-0.4, -0.2) is 50.8 Å². The number of hydrogen-bond acceptors (Lipinski definition) is 3. The van der Waals surface area contributed by atoms with Crippen molar-refractivity contribution < 1.29 is 8.42 Å². The third kappa shape index (κ3) is 3.25. The summed E-state index contributed by atoms with van der Waals surface area (Å²) in [6, 6.07) is 2.90. The fourth-order valence-corrected chi connectivity index (χ4v) is 4.52. The summed E-state index contributed by atoms with van der Waals surface area (Å²) < 4.78 is 27.1. The minimum atomic E-state index is -3.59. The molecule has 0 radical (unpaired) electrons. The number of benzene rings is 1. The third-order valence-electron chi connectivity index (χ3n) is 3.05. The summed E-state index contributed by atoms with van der Waals surface area (Å²) in [6.45, 7) is 2.34. The van der Waals surface area contributed by atoms with Crippen LogP contribution in [-0.2, 0) is 10.0 Å². The molecule has 0 spiro atoms. The van der Waals surface area contributed by atoms with Gasteiger partial charge in [0.1, 0.15) is 4.90 Å². The van der Waals surface area contributed by atoms with E-state index in [9.17, 15) is 8.42 Å². The largest absolute Gasteiger partial charge is 0.304 e. The minimum absolute atomic E-state index is 0.0620. The van der Waals surface area contributed by atoms with Crippen LogP contribution >= 0.6 is 39.1 Å². The number of piperazine rings is 1. The van der Waals surface area contributed by atoms with Crippen molar-refractivity contribution in [3.05, 3.63) is 26.7 Å². The van der Waals surface area contributed by atoms with Gasteiger partial charge in [0, 0.05) is 30.7 Å². The second-order valence-corrected chi connectivity index (χ2v) is 7.98. The van der Waals surface area contributed by atoms with Gasteiger partial charge in [-0.2, -0.15) is 4.31 Å². The first-order chi connectivity index (χ1) is 8.82. The molecular weight excluding hydrogens is 375 g/mol. The van der Waals surface area contributed by atoms with Crippen LogP contribution < -0.4 is 0 Å². The topological polar surface area (TPSA) is 40.6 Å². The zero-order valence-electron chi connectivity index (χ0n) is 10.2. The Balaban J connectivity index is 2.37. The van der Waals surface area contributed by atoms with Crippen molar-refractivity contribution in [3.8, 4) is 0 Å². The van der Waals surface area contributed by atoms with E-state index in [2.05, 4.69) is 20.8 Å². The lowest BCUT2D eigenvalue weighted by molar-refractivity contribution is 0.222. The summed E-state index contributed by atoms with van der Waals surface area (Å²) in [5.41, 5.74) is 0. The summed E-state index contributed by atoms with van der Waals surface area (Å²) in [4.78, 5) is 2.15. The highest BCUT2D eigenvalue weighted by molar-refractivity contribution is 9.10. The van der Waals surface area contributed by atoms with Crippen LogP contribution in [0.15, 0.2) is 21.5 Å². The Morgan fingerprint density at radius 1 is 1.11 bits per heavy atom. The van der Waals surface area contributed by atoms with Gasteiger partial charge >= 0.3 is 0 Å². The highest BCUT2D eigenvalue weighted by Gasteiger charge is 2.29. The molecule has 1 aliphatic heterocycles. The Labute approximate surface area is 131 Å². The van der Waals surface area contributed by atoms with E-state index in [4.69, 9.17) is 23.2 Å². The molecule has 1 heterocycles. The highest BCUT2D eigenvalue weighted by atomic mass is 79.9. The molecule has 0 amide bonds. The lowest BCUT2D eigenvalue weighted by atomic mass is 10.4. The monoisotopic (exact) mass is 386 g/mol. The van der Waals surface area contributed by atoms with Crippen molar-refractivity contribution in [3.63, 3.8) is 0 Å². The average Bonchev–Trinajstić information content (AvgIpc) is 2.34. The summed E-state index contributed by atoms with van der Waals surface area (Å²) >= 11 is 15.2. The maximum atomic E-state index is 12.5. The molecule has 0 N–H and O–H groups in total. The normalized spacial score (nSPS) is 18.7. The first-order valence-corrected chi connectivity index (χ1v) is 8.64. The van der Waals surface area contributed by atoms with Gasteiger partial charge in [-0.05, 0) is 35.1 Å². The summed E-state index contributed by atoms with van der Waals surface area (Å²) in [6.07, 6.45) is 0. The number of likely N-dealkylation sites (N-methyl/N-ethyl adjacent to an activating group) is 1. The van der Waals surface area contributed by atoms with Gasteiger partial charge < -0.3 is 4.90 Å². The van der Waals surface area contributed by atoms with Gasteiger partial charge in [0.25, 0.3) is 0 Å². The van der Waals surface area contributed by atoms with Gasteiger partial charge in [-0.3, -0.25) is 0 Å². The van der Waals surface area contributed by atoms with E-state index in [-0.39, 0.29) is 9.92 Å². The molecule has 4 nitrogen and oxygen atoms in total. The van der Waals surface area contributed by atoms with Gasteiger partial charge in [-0.25, -0.2) is 8.42 Å². The molecule has 1 aromatic carbocycles. The number of sulfonamides is 1. The molecule has 8 heteroatoms. The molecule has 106 valence electrons. The third-order valence-corrected chi connectivity index (χ3v) is 6.62. The number of hydrogen-bond donors (Lipinski definition) is 0. The predicted octanol–water partition coefficient (Wildman–Crippen LogP) is 2.69. The molecule has 0 atom stereocenters. The van der Waals surface area contributed by atoms with Crippen LogP contribution in [0.3, 0.4) is 0 Å². The SMILES string of the molecule is CN1CCN(S(=O)(=O)c2cc(Cl)c(Br)cc2Cl)CC1. The van der Waals surface area contributed by atoms with Crippen molar-refractivity contribution in [1.82, 2.24) is 9.21 Å². The van der Waals surface area contributed by atoms with Gasteiger partial charge in [-0.1, -0.05) is 23.2 Å². The summed E-state index contributed by atoms with van der Waals surface area (Å²) in [5, 5.41) is 0.507. The van der Waals surface area contributed by atoms with E-state index in [1.807, 2.05) is 7.05 Å². The highest BCUT2D eigenvalue weighted by Crippen LogP contribution is 2.33. The molecule has 1 aliphatic rings. The van der Waals surface area contributed by atoms with Crippen molar-refractivity contribution >= 4 is 49.2 Å². The molecule has 2 rings (SSSR count). The van der Waals surface area contributed by atoms with E-state index in [0.717, 1.165) is 0 Å². The Morgan fingerprint density at radius 2 is 1.68 bits per heavy atom. The van der Waals surface area contributed by atoms with Crippen LogP contribution in [0.4, 0.5) is 0 Å². The fourth-order valence-electron chi connectivity index (χ4n) is 1.87. The van der Waals surface area contributed by atoms with Crippen molar-refractivity contribution in [2.45, 2.75) is 4.90 Å². The van der Waals surface area contributed by atoms with Crippen LogP contribution in [0, 0.1) is 0 Å². The van der Waals surface area contributed by atoms with E-state index in [0.29, 0.717) is 35.7 Å². The molecule has 0 aliphatic carbocycles. The van der Waals surface area contributed by atoms with Gasteiger partial charge in [0.2, 0.25) is 10.0 Å². The minimum Gasteiger partial charge on any atom is -0.304 e. The molecule has 0 unspecified atom stereocenters. The van der Waals surface area contributed by atoms with Crippen LogP contribution in [0.25, 0.3) is 0 Å². The predicted molar refractivity (Wildman–Crippen MR) is 80.4 cm³/mol. The number of rotatable bonds is 2. The van der Waals surface area contributed by atoms with Crippen LogP contribution in [0.5, 0.6) is 0 Å². The molecule has 1 aromatic rings. The van der Waals surface area contributed by atoms with Crippen molar-refractivity contribution in [1.29, 1.82) is 0 Å². The zero-order valence-corrected chi connectivity index (χ0v) is 14.2. The smallest absolute Gasteiger partial charge is 0.244 e. The van der Waals surface area contributed by atoms with E-state index < -0.39 is 10.0 Å². The summed E-state index contributed by atoms with van der Waals surface area (Å²) in [5.74, 6) is 0. The molecule has 1 saturated heterocycles. The second kappa shape index (κ2) is 5.87. The summed E-state index contributed by atoms with van der Waals surface area (Å²) in [7, 11) is -1.62. The van der Waals surface area contributed by atoms with Gasteiger partial charge in [-0.15, -0.1) is 0 Å². The lowest BCUT2D eigenvalue weighted by Gasteiger charge is -2.31. The first-order valence-electron chi connectivity index (χ1n) is 5.65.